The highest BCUT2D eigenvalue weighted by Crippen LogP contribution is 2.60. The number of aliphatic hydroxyl groups excluding tert-OH is 1. The van der Waals surface area contributed by atoms with Gasteiger partial charge in [0.2, 0.25) is 0 Å². The molecule has 23 heavy (non-hydrogen) atoms. The van der Waals surface area contributed by atoms with Crippen LogP contribution in [0.15, 0.2) is 23.3 Å². The first kappa shape index (κ1) is 18.3. The summed E-state index contributed by atoms with van der Waals surface area (Å²) in [6.07, 6.45) is 8.26. The van der Waals surface area contributed by atoms with Crippen LogP contribution in [0.2, 0.25) is 0 Å². The average Bonchev–Trinajstić information content (AvgIpc) is 2.42. The Morgan fingerprint density at radius 3 is 2.65 bits per heavy atom. The van der Waals surface area contributed by atoms with Crippen molar-refractivity contribution in [3.8, 4) is 0 Å². The second-order valence-corrected chi connectivity index (χ2v) is 8.54. The molecule has 0 aromatic heterocycles. The maximum absolute atomic E-state index is 10.8. The maximum atomic E-state index is 10.8. The van der Waals surface area contributed by atoms with Gasteiger partial charge in [0.05, 0.1) is 6.10 Å². The molecule has 0 aromatic carbocycles. The molecule has 3 nitrogen and oxygen atoms in total. The molecule has 0 aliphatic heterocycles. The molecule has 130 valence electrons. The van der Waals surface area contributed by atoms with E-state index in [1.54, 1.807) is 0 Å². The molecule has 0 aromatic rings. The summed E-state index contributed by atoms with van der Waals surface area (Å²) in [5.74, 6) is 0.103. The SMILES string of the molecule is CC1=CC[C@H]2C(C)(C)[C@@H](O)CC[C@@]2(C)[C@H]1CC/C(C)=C/C(=O)O. The third-order valence-electron chi connectivity index (χ3n) is 6.73. The van der Waals surface area contributed by atoms with Crippen LogP contribution in [-0.2, 0) is 4.79 Å². The molecule has 2 N–H and O–H groups in total. The molecule has 1 saturated carbocycles. The van der Waals surface area contributed by atoms with Crippen molar-refractivity contribution in [3.63, 3.8) is 0 Å². The maximum Gasteiger partial charge on any atom is 0.328 e. The third kappa shape index (κ3) is 3.40. The fourth-order valence-corrected chi connectivity index (χ4v) is 5.24. The van der Waals surface area contributed by atoms with Gasteiger partial charge in [-0.25, -0.2) is 4.79 Å². The van der Waals surface area contributed by atoms with Crippen molar-refractivity contribution in [2.24, 2.45) is 22.7 Å². The highest BCUT2D eigenvalue weighted by atomic mass is 16.4. The normalized spacial score (nSPS) is 37.0. The predicted molar refractivity (Wildman–Crippen MR) is 93.1 cm³/mol. The van der Waals surface area contributed by atoms with E-state index in [2.05, 4.69) is 33.8 Å². The summed E-state index contributed by atoms with van der Waals surface area (Å²) in [5.41, 5.74) is 2.52. The van der Waals surface area contributed by atoms with E-state index >= 15 is 0 Å². The minimum absolute atomic E-state index is 0.0611. The third-order valence-corrected chi connectivity index (χ3v) is 6.73. The summed E-state index contributed by atoms with van der Waals surface area (Å²) in [7, 11) is 0. The molecule has 0 amide bonds. The van der Waals surface area contributed by atoms with Crippen LogP contribution in [0.25, 0.3) is 0 Å². The van der Waals surface area contributed by atoms with Crippen molar-refractivity contribution in [1.29, 1.82) is 0 Å². The Hall–Kier alpha value is -1.09. The first-order valence-corrected chi connectivity index (χ1v) is 8.84. The quantitative estimate of drug-likeness (QED) is 0.589. The van der Waals surface area contributed by atoms with Crippen molar-refractivity contribution in [3.05, 3.63) is 23.3 Å². The molecular formula is C20H32O3. The topological polar surface area (TPSA) is 57.5 Å². The number of hydrogen-bond donors (Lipinski definition) is 2. The average molecular weight is 320 g/mol. The molecule has 0 radical (unpaired) electrons. The van der Waals surface area contributed by atoms with Gasteiger partial charge in [-0.1, -0.05) is 38.0 Å². The number of allylic oxidation sites excluding steroid dienone is 3. The fraction of sp³-hybridized carbons (Fsp3) is 0.750. The zero-order chi connectivity index (χ0) is 17.4. The Balaban J connectivity index is 2.23. The molecule has 0 saturated heterocycles. The van der Waals surface area contributed by atoms with Gasteiger partial charge in [-0.2, -0.15) is 0 Å². The van der Waals surface area contributed by atoms with E-state index in [1.807, 2.05) is 6.92 Å². The van der Waals surface area contributed by atoms with Crippen LogP contribution < -0.4 is 0 Å². The van der Waals surface area contributed by atoms with Crippen molar-refractivity contribution >= 4 is 5.97 Å². The summed E-state index contributed by atoms with van der Waals surface area (Å²) >= 11 is 0. The van der Waals surface area contributed by atoms with E-state index in [0.29, 0.717) is 11.8 Å². The lowest BCUT2D eigenvalue weighted by molar-refractivity contribution is -0.131. The molecule has 2 rings (SSSR count). The van der Waals surface area contributed by atoms with Gasteiger partial charge in [0, 0.05) is 6.08 Å². The lowest BCUT2D eigenvalue weighted by atomic mass is 9.47. The van der Waals surface area contributed by atoms with E-state index < -0.39 is 5.97 Å². The molecule has 0 heterocycles. The van der Waals surface area contributed by atoms with Crippen LogP contribution in [0.5, 0.6) is 0 Å². The lowest BCUT2D eigenvalue weighted by Gasteiger charge is -2.58. The van der Waals surface area contributed by atoms with Crippen molar-refractivity contribution in [1.82, 2.24) is 0 Å². The van der Waals surface area contributed by atoms with E-state index in [4.69, 9.17) is 5.11 Å². The molecular weight excluding hydrogens is 288 g/mol. The van der Waals surface area contributed by atoms with Gasteiger partial charge in [0.25, 0.3) is 0 Å². The second kappa shape index (κ2) is 6.43. The number of fused-ring (bicyclic) bond motifs is 1. The number of aliphatic hydroxyl groups is 1. The lowest BCUT2D eigenvalue weighted by Crippen LogP contribution is -2.54. The number of carboxylic acid groups (broad SMARTS) is 1. The molecule has 2 aliphatic rings. The molecule has 0 spiro atoms. The molecule has 4 atom stereocenters. The second-order valence-electron chi connectivity index (χ2n) is 8.54. The zero-order valence-corrected chi connectivity index (χ0v) is 15.2. The Morgan fingerprint density at radius 1 is 1.39 bits per heavy atom. The summed E-state index contributed by atoms with van der Waals surface area (Å²) in [5, 5.41) is 19.4. The van der Waals surface area contributed by atoms with Crippen molar-refractivity contribution in [2.75, 3.05) is 0 Å². The van der Waals surface area contributed by atoms with Gasteiger partial charge < -0.3 is 10.2 Å². The number of carboxylic acids is 1. The standard InChI is InChI=1S/C20H32O3/c1-13(12-18(22)23)6-8-15-14(2)7-9-16-19(3,4)17(21)10-11-20(15,16)5/h7,12,15-17,21H,6,8-11H2,1-5H3,(H,22,23)/b13-12+/t15-,16-,17-,20-/m0/s1. The van der Waals surface area contributed by atoms with Crippen LogP contribution in [-0.4, -0.2) is 22.3 Å². The van der Waals surface area contributed by atoms with Crippen molar-refractivity contribution in [2.45, 2.75) is 72.8 Å². The molecule has 0 bridgehead atoms. The molecule has 3 heteroatoms. The van der Waals surface area contributed by atoms with Gasteiger partial charge >= 0.3 is 5.97 Å². The highest BCUT2D eigenvalue weighted by Gasteiger charge is 2.54. The number of carbonyl (C=O) groups is 1. The minimum Gasteiger partial charge on any atom is -0.478 e. The van der Waals surface area contributed by atoms with Crippen LogP contribution >= 0.6 is 0 Å². The summed E-state index contributed by atoms with van der Waals surface area (Å²) in [4.78, 5) is 10.8. The number of hydrogen-bond acceptors (Lipinski definition) is 2. The largest absolute Gasteiger partial charge is 0.478 e. The molecule has 0 unspecified atom stereocenters. The Labute approximate surface area is 140 Å². The molecule has 2 aliphatic carbocycles. The smallest absolute Gasteiger partial charge is 0.328 e. The van der Waals surface area contributed by atoms with E-state index in [0.717, 1.165) is 37.7 Å². The Bertz CT molecular complexity index is 529. The first-order chi connectivity index (χ1) is 10.6. The van der Waals surface area contributed by atoms with E-state index in [1.165, 1.54) is 11.6 Å². The van der Waals surface area contributed by atoms with Crippen molar-refractivity contribution < 1.29 is 15.0 Å². The summed E-state index contributed by atoms with van der Waals surface area (Å²) in [6, 6.07) is 0. The Kier molecular flexibility index (Phi) is 5.10. The van der Waals surface area contributed by atoms with Gasteiger partial charge in [0.15, 0.2) is 0 Å². The van der Waals surface area contributed by atoms with Gasteiger partial charge in [-0.15, -0.1) is 0 Å². The highest BCUT2D eigenvalue weighted by molar-refractivity contribution is 5.80. The predicted octanol–water partition coefficient (Wildman–Crippen LogP) is 4.57. The van der Waals surface area contributed by atoms with Gasteiger partial charge in [-0.3, -0.25) is 0 Å². The van der Waals surface area contributed by atoms with E-state index in [-0.39, 0.29) is 16.9 Å². The van der Waals surface area contributed by atoms with Crippen LogP contribution in [0.1, 0.15) is 66.7 Å². The Morgan fingerprint density at radius 2 is 2.04 bits per heavy atom. The number of aliphatic carboxylic acids is 1. The monoisotopic (exact) mass is 320 g/mol. The van der Waals surface area contributed by atoms with Crippen LogP contribution in [0.3, 0.4) is 0 Å². The molecule has 1 fully saturated rings. The number of rotatable bonds is 4. The van der Waals surface area contributed by atoms with Gasteiger partial charge in [0.1, 0.15) is 0 Å². The zero-order valence-electron chi connectivity index (χ0n) is 15.2. The van der Waals surface area contributed by atoms with Gasteiger partial charge in [-0.05, 0) is 68.6 Å². The summed E-state index contributed by atoms with van der Waals surface area (Å²) in [6.45, 7) is 10.9. The first-order valence-electron chi connectivity index (χ1n) is 8.84. The van der Waals surface area contributed by atoms with Crippen LogP contribution in [0, 0.1) is 22.7 Å². The fourth-order valence-electron chi connectivity index (χ4n) is 5.24. The minimum atomic E-state index is -0.857. The summed E-state index contributed by atoms with van der Waals surface area (Å²) < 4.78 is 0. The van der Waals surface area contributed by atoms with E-state index in [9.17, 15) is 9.90 Å². The van der Waals surface area contributed by atoms with Crippen LogP contribution in [0.4, 0.5) is 0 Å².